The van der Waals surface area contributed by atoms with Gasteiger partial charge in [-0.3, -0.25) is 14.7 Å². The minimum absolute atomic E-state index is 0.0395. The van der Waals surface area contributed by atoms with E-state index in [2.05, 4.69) is 27.1 Å². The Labute approximate surface area is 157 Å². The van der Waals surface area contributed by atoms with Crippen LogP contribution < -0.4 is 0 Å². The first-order valence-electron chi connectivity index (χ1n) is 9.37. The van der Waals surface area contributed by atoms with E-state index in [-0.39, 0.29) is 17.9 Å². The van der Waals surface area contributed by atoms with Crippen molar-refractivity contribution in [3.05, 3.63) is 53.9 Å². The van der Waals surface area contributed by atoms with E-state index >= 15 is 0 Å². The summed E-state index contributed by atoms with van der Waals surface area (Å²) < 4.78 is 5.50. The van der Waals surface area contributed by atoms with Gasteiger partial charge in [0.15, 0.2) is 5.82 Å². The topological polar surface area (TPSA) is 75.4 Å². The van der Waals surface area contributed by atoms with E-state index in [1.54, 1.807) is 11.1 Å². The molecule has 3 aromatic rings. The van der Waals surface area contributed by atoms with Crippen LogP contribution >= 0.6 is 0 Å². The Balaban J connectivity index is 1.29. The first kappa shape index (κ1) is 16.4. The molecule has 1 unspecified atom stereocenters. The van der Waals surface area contributed by atoms with Gasteiger partial charge in [-0.05, 0) is 37.9 Å². The lowest BCUT2D eigenvalue weighted by Gasteiger charge is -2.37. The van der Waals surface area contributed by atoms with Crippen molar-refractivity contribution in [2.24, 2.45) is 0 Å². The molecule has 0 saturated carbocycles. The Hall–Kier alpha value is -2.80. The van der Waals surface area contributed by atoms with E-state index < -0.39 is 0 Å². The molecule has 2 aliphatic rings. The molecule has 0 aliphatic carbocycles. The van der Waals surface area contributed by atoms with Gasteiger partial charge in [-0.15, -0.1) is 0 Å². The minimum atomic E-state index is -0.0395. The summed E-state index contributed by atoms with van der Waals surface area (Å²) in [5.74, 6) is 1.50. The summed E-state index contributed by atoms with van der Waals surface area (Å²) in [4.78, 5) is 25.9. The van der Waals surface area contributed by atoms with Gasteiger partial charge in [0.25, 0.3) is 5.91 Å². The van der Waals surface area contributed by atoms with Crippen LogP contribution in [0.5, 0.6) is 0 Å². The number of hydrogen-bond acceptors (Lipinski definition) is 6. The number of pyridine rings is 1. The second-order valence-corrected chi connectivity index (χ2v) is 7.42. The molecule has 0 radical (unpaired) electrons. The standard InChI is InChI=1S/C20H21N5O2/c1-24-10-4-7-16(24)19-22-18(23-27-19)14-11-25(12-14)20(26)17-15-6-3-2-5-13(15)8-9-21-17/h2-3,5-6,8-9,14,16H,4,7,10-12H2,1H3. The van der Waals surface area contributed by atoms with Gasteiger partial charge in [-0.2, -0.15) is 4.98 Å². The van der Waals surface area contributed by atoms with Gasteiger partial charge < -0.3 is 9.42 Å². The molecule has 2 aromatic heterocycles. The summed E-state index contributed by atoms with van der Waals surface area (Å²) in [5.41, 5.74) is 0.507. The third-order valence-corrected chi connectivity index (χ3v) is 5.67. The third-order valence-electron chi connectivity index (χ3n) is 5.67. The molecule has 27 heavy (non-hydrogen) atoms. The van der Waals surface area contributed by atoms with Crippen LogP contribution in [0.25, 0.3) is 10.8 Å². The molecule has 4 heterocycles. The van der Waals surface area contributed by atoms with Crippen molar-refractivity contribution in [2.45, 2.75) is 24.8 Å². The van der Waals surface area contributed by atoms with Gasteiger partial charge >= 0.3 is 0 Å². The normalized spacial score (nSPS) is 20.9. The van der Waals surface area contributed by atoms with Gasteiger partial charge in [-0.1, -0.05) is 29.4 Å². The number of aromatic nitrogens is 3. The van der Waals surface area contributed by atoms with Crippen LogP contribution in [0.15, 0.2) is 41.1 Å². The average molecular weight is 363 g/mol. The van der Waals surface area contributed by atoms with Crippen molar-refractivity contribution in [2.75, 3.05) is 26.7 Å². The van der Waals surface area contributed by atoms with Crippen molar-refractivity contribution < 1.29 is 9.32 Å². The molecule has 138 valence electrons. The fourth-order valence-electron chi connectivity index (χ4n) is 4.02. The number of rotatable bonds is 3. The molecule has 1 atom stereocenters. The Morgan fingerprint density at radius 1 is 1.22 bits per heavy atom. The summed E-state index contributed by atoms with van der Waals surface area (Å²) in [6.45, 7) is 2.26. The van der Waals surface area contributed by atoms with E-state index in [4.69, 9.17) is 4.52 Å². The van der Waals surface area contributed by atoms with Crippen molar-refractivity contribution in [1.29, 1.82) is 0 Å². The summed E-state index contributed by atoms with van der Waals surface area (Å²) in [6.07, 6.45) is 3.90. The average Bonchev–Trinajstić information content (AvgIpc) is 3.29. The second kappa shape index (κ2) is 6.42. The van der Waals surface area contributed by atoms with Crippen LogP contribution in [-0.4, -0.2) is 57.5 Å². The van der Waals surface area contributed by atoms with Gasteiger partial charge in [0.2, 0.25) is 5.89 Å². The summed E-state index contributed by atoms with van der Waals surface area (Å²) in [6, 6.07) is 9.98. The van der Waals surface area contributed by atoms with Crippen LogP contribution in [0.4, 0.5) is 0 Å². The maximum absolute atomic E-state index is 12.9. The fraction of sp³-hybridized carbons (Fsp3) is 0.400. The number of benzene rings is 1. The van der Waals surface area contributed by atoms with Crippen LogP contribution in [-0.2, 0) is 0 Å². The van der Waals surface area contributed by atoms with Gasteiger partial charge in [0.1, 0.15) is 5.69 Å². The lowest BCUT2D eigenvalue weighted by atomic mass is 9.98. The van der Waals surface area contributed by atoms with Crippen LogP contribution in [0, 0.1) is 0 Å². The molecule has 5 rings (SSSR count). The molecule has 2 saturated heterocycles. The van der Waals surface area contributed by atoms with Crippen LogP contribution in [0.1, 0.15) is 47.0 Å². The zero-order chi connectivity index (χ0) is 18.4. The zero-order valence-electron chi connectivity index (χ0n) is 15.2. The maximum atomic E-state index is 12.9. The number of likely N-dealkylation sites (tertiary alicyclic amines) is 2. The van der Waals surface area contributed by atoms with E-state index in [1.807, 2.05) is 30.3 Å². The zero-order valence-corrected chi connectivity index (χ0v) is 15.2. The molecule has 2 fully saturated rings. The number of carbonyl (C=O) groups excluding carboxylic acids is 1. The van der Waals surface area contributed by atoms with Gasteiger partial charge in [-0.25, -0.2) is 0 Å². The minimum Gasteiger partial charge on any atom is -0.338 e. The number of carbonyl (C=O) groups is 1. The smallest absolute Gasteiger partial charge is 0.273 e. The molecule has 7 heteroatoms. The summed E-state index contributed by atoms with van der Waals surface area (Å²) >= 11 is 0. The number of hydrogen-bond donors (Lipinski definition) is 0. The Kier molecular flexibility index (Phi) is 3.89. The molecule has 1 aromatic carbocycles. The highest BCUT2D eigenvalue weighted by Gasteiger charge is 2.37. The molecule has 0 bridgehead atoms. The molecule has 0 N–H and O–H groups in total. The van der Waals surface area contributed by atoms with Crippen LogP contribution in [0.3, 0.4) is 0 Å². The SMILES string of the molecule is CN1CCCC1c1nc(C2CN(C(=O)c3nccc4ccccc34)C2)no1. The predicted molar refractivity (Wildman–Crippen MR) is 99.3 cm³/mol. The van der Waals surface area contributed by atoms with Gasteiger partial charge in [0, 0.05) is 24.7 Å². The van der Waals surface area contributed by atoms with Crippen molar-refractivity contribution >= 4 is 16.7 Å². The third kappa shape index (κ3) is 2.78. The maximum Gasteiger partial charge on any atom is 0.273 e. The Bertz CT molecular complexity index is 989. The molecular formula is C20H21N5O2. The molecule has 0 spiro atoms. The number of amides is 1. The van der Waals surface area contributed by atoms with E-state index in [1.165, 1.54) is 0 Å². The predicted octanol–water partition coefficient (Wildman–Crippen LogP) is 2.62. The lowest BCUT2D eigenvalue weighted by molar-refractivity contribution is 0.0588. The Morgan fingerprint density at radius 3 is 2.89 bits per heavy atom. The Morgan fingerprint density at radius 2 is 2.07 bits per heavy atom. The largest absolute Gasteiger partial charge is 0.338 e. The quantitative estimate of drug-likeness (QED) is 0.712. The second-order valence-electron chi connectivity index (χ2n) is 7.42. The first-order valence-corrected chi connectivity index (χ1v) is 9.37. The lowest BCUT2D eigenvalue weighted by Crippen LogP contribution is -2.49. The van der Waals surface area contributed by atoms with Gasteiger partial charge in [0.05, 0.1) is 12.0 Å². The van der Waals surface area contributed by atoms with Crippen molar-refractivity contribution in [3.63, 3.8) is 0 Å². The molecule has 7 nitrogen and oxygen atoms in total. The van der Waals surface area contributed by atoms with Crippen molar-refractivity contribution in [1.82, 2.24) is 24.9 Å². The highest BCUT2D eigenvalue weighted by atomic mass is 16.5. The fourth-order valence-corrected chi connectivity index (χ4v) is 4.02. The molecular weight excluding hydrogens is 342 g/mol. The first-order chi connectivity index (χ1) is 13.2. The van der Waals surface area contributed by atoms with E-state index in [0.717, 1.165) is 30.2 Å². The van der Waals surface area contributed by atoms with Crippen molar-refractivity contribution in [3.8, 4) is 0 Å². The monoisotopic (exact) mass is 363 g/mol. The number of nitrogens with zero attached hydrogens (tertiary/aromatic N) is 5. The highest BCUT2D eigenvalue weighted by Crippen LogP contribution is 2.32. The van der Waals surface area contributed by atoms with E-state index in [0.29, 0.717) is 30.5 Å². The molecule has 2 aliphatic heterocycles. The summed E-state index contributed by atoms with van der Waals surface area (Å²) in [5, 5.41) is 6.08. The number of fused-ring (bicyclic) bond motifs is 1. The molecule has 1 amide bonds. The van der Waals surface area contributed by atoms with E-state index in [9.17, 15) is 4.79 Å². The summed E-state index contributed by atoms with van der Waals surface area (Å²) in [7, 11) is 2.09. The highest BCUT2D eigenvalue weighted by molar-refractivity contribution is 6.05. The van der Waals surface area contributed by atoms with Crippen LogP contribution in [0.2, 0.25) is 0 Å².